The molecule has 0 aliphatic heterocycles. The molecule has 1 saturated carbocycles. The number of nitrogens with zero attached hydrogens (tertiary/aromatic N) is 2. The van der Waals surface area contributed by atoms with Crippen LogP contribution in [0.2, 0.25) is 0 Å². The van der Waals surface area contributed by atoms with E-state index in [0.717, 1.165) is 42.7 Å². The molecule has 2 aromatic rings. The first kappa shape index (κ1) is 13.3. The number of aromatic nitrogens is 2. The van der Waals surface area contributed by atoms with Gasteiger partial charge in [0.05, 0.1) is 17.5 Å². The molecule has 0 radical (unpaired) electrons. The average molecular weight is 270 g/mol. The Morgan fingerprint density at radius 2 is 2.05 bits per heavy atom. The molecule has 3 heteroatoms. The maximum Gasteiger partial charge on any atom is 0.143 e. The van der Waals surface area contributed by atoms with Crippen LogP contribution in [0.1, 0.15) is 44.9 Å². The van der Waals surface area contributed by atoms with E-state index in [9.17, 15) is 4.79 Å². The second-order valence-electron chi connectivity index (χ2n) is 5.79. The summed E-state index contributed by atoms with van der Waals surface area (Å²) in [5.41, 5.74) is 2.17. The molecule has 0 atom stereocenters. The smallest absolute Gasteiger partial charge is 0.143 e. The van der Waals surface area contributed by atoms with Crippen molar-refractivity contribution >= 4 is 16.8 Å². The van der Waals surface area contributed by atoms with Crippen molar-refractivity contribution in [3.05, 3.63) is 30.1 Å². The Bertz CT molecular complexity index is 608. The molecular formula is C17H22N2O. The standard InChI is InChI=1S/C17H22N2O/c1-2-11-19-15-10-6-5-9-14(15)18-17(19)12-16(20)13-7-3-4-8-13/h5-6,9-10,13H,2-4,7-8,11-12H2,1H3. The molecule has 1 heterocycles. The Morgan fingerprint density at radius 3 is 2.80 bits per heavy atom. The Balaban J connectivity index is 1.89. The lowest BCUT2D eigenvalue weighted by atomic mass is 10.00. The summed E-state index contributed by atoms with van der Waals surface area (Å²) in [4.78, 5) is 17.1. The van der Waals surface area contributed by atoms with E-state index in [-0.39, 0.29) is 5.92 Å². The Kier molecular flexibility index (Phi) is 3.86. The highest BCUT2D eigenvalue weighted by Crippen LogP contribution is 2.27. The van der Waals surface area contributed by atoms with Crippen LogP contribution in [0.3, 0.4) is 0 Å². The third-order valence-corrected chi connectivity index (χ3v) is 4.32. The molecule has 1 aromatic carbocycles. The van der Waals surface area contributed by atoms with E-state index in [0.29, 0.717) is 12.2 Å². The lowest BCUT2D eigenvalue weighted by Gasteiger charge is -2.10. The number of hydrogen-bond acceptors (Lipinski definition) is 2. The summed E-state index contributed by atoms with van der Waals surface area (Å²) in [5, 5.41) is 0. The van der Waals surface area contributed by atoms with Gasteiger partial charge in [-0.15, -0.1) is 0 Å². The first-order valence-electron chi connectivity index (χ1n) is 7.76. The van der Waals surface area contributed by atoms with Crippen LogP contribution in [0, 0.1) is 5.92 Å². The summed E-state index contributed by atoms with van der Waals surface area (Å²) in [6.45, 7) is 3.10. The summed E-state index contributed by atoms with van der Waals surface area (Å²) >= 11 is 0. The van der Waals surface area contributed by atoms with Crippen molar-refractivity contribution in [1.82, 2.24) is 9.55 Å². The van der Waals surface area contributed by atoms with Gasteiger partial charge in [-0.1, -0.05) is 31.9 Å². The highest BCUT2D eigenvalue weighted by atomic mass is 16.1. The Morgan fingerprint density at radius 1 is 1.30 bits per heavy atom. The van der Waals surface area contributed by atoms with Gasteiger partial charge in [0.25, 0.3) is 0 Å². The zero-order chi connectivity index (χ0) is 13.9. The molecule has 3 nitrogen and oxygen atoms in total. The molecular weight excluding hydrogens is 248 g/mol. The molecule has 0 spiro atoms. The summed E-state index contributed by atoms with van der Waals surface area (Å²) in [6.07, 6.45) is 6.13. The van der Waals surface area contributed by atoms with Crippen LogP contribution in [0.25, 0.3) is 11.0 Å². The maximum atomic E-state index is 12.4. The molecule has 1 aliphatic rings. The predicted molar refractivity (Wildman–Crippen MR) is 80.7 cm³/mol. The Labute approximate surface area is 120 Å². The largest absolute Gasteiger partial charge is 0.328 e. The van der Waals surface area contributed by atoms with Gasteiger partial charge < -0.3 is 4.57 Å². The second kappa shape index (κ2) is 5.78. The Hall–Kier alpha value is -1.64. The van der Waals surface area contributed by atoms with Crippen LogP contribution in [0.5, 0.6) is 0 Å². The van der Waals surface area contributed by atoms with Crippen LogP contribution in [-0.4, -0.2) is 15.3 Å². The van der Waals surface area contributed by atoms with Crippen molar-refractivity contribution in [3.63, 3.8) is 0 Å². The number of carbonyl (C=O) groups is 1. The van der Waals surface area contributed by atoms with Gasteiger partial charge >= 0.3 is 0 Å². The summed E-state index contributed by atoms with van der Waals surface area (Å²) in [5.74, 6) is 1.62. The fraction of sp³-hybridized carbons (Fsp3) is 0.529. The zero-order valence-corrected chi connectivity index (χ0v) is 12.1. The first-order valence-corrected chi connectivity index (χ1v) is 7.76. The minimum Gasteiger partial charge on any atom is -0.328 e. The van der Waals surface area contributed by atoms with Gasteiger partial charge in [0.15, 0.2) is 0 Å². The first-order chi connectivity index (χ1) is 9.79. The third-order valence-electron chi connectivity index (χ3n) is 4.32. The molecule has 0 saturated heterocycles. The van der Waals surface area contributed by atoms with Crippen LogP contribution in [0.15, 0.2) is 24.3 Å². The van der Waals surface area contributed by atoms with Crippen LogP contribution in [-0.2, 0) is 17.8 Å². The van der Waals surface area contributed by atoms with Crippen molar-refractivity contribution in [2.45, 2.75) is 52.0 Å². The number of para-hydroxylation sites is 2. The fourth-order valence-corrected chi connectivity index (χ4v) is 3.28. The van der Waals surface area contributed by atoms with E-state index in [1.807, 2.05) is 18.2 Å². The van der Waals surface area contributed by atoms with Crippen molar-refractivity contribution < 1.29 is 4.79 Å². The topological polar surface area (TPSA) is 34.9 Å². The van der Waals surface area contributed by atoms with E-state index < -0.39 is 0 Å². The number of imidazole rings is 1. The highest BCUT2D eigenvalue weighted by Gasteiger charge is 2.24. The quantitative estimate of drug-likeness (QED) is 0.829. The van der Waals surface area contributed by atoms with Gasteiger partial charge in [0, 0.05) is 12.5 Å². The summed E-state index contributed by atoms with van der Waals surface area (Å²) in [7, 11) is 0. The average Bonchev–Trinajstić information content (AvgIpc) is 3.08. The number of carbonyl (C=O) groups excluding carboxylic acids is 1. The SMILES string of the molecule is CCCn1c(CC(=O)C2CCCC2)nc2ccccc21. The molecule has 20 heavy (non-hydrogen) atoms. The molecule has 0 bridgehead atoms. The molecule has 1 aromatic heterocycles. The van der Waals surface area contributed by atoms with Crippen LogP contribution >= 0.6 is 0 Å². The van der Waals surface area contributed by atoms with E-state index in [2.05, 4.69) is 22.5 Å². The zero-order valence-electron chi connectivity index (χ0n) is 12.1. The van der Waals surface area contributed by atoms with Crippen molar-refractivity contribution in [3.8, 4) is 0 Å². The lowest BCUT2D eigenvalue weighted by molar-refractivity contribution is -0.122. The van der Waals surface area contributed by atoms with Crippen LogP contribution < -0.4 is 0 Å². The number of rotatable bonds is 5. The van der Waals surface area contributed by atoms with Gasteiger partial charge in [-0.3, -0.25) is 4.79 Å². The van der Waals surface area contributed by atoms with Gasteiger partial charge in [0.1, 0.15) is 11.6 Å². The third kappa shape index (κ3) is 2.49. The number of fused-ring (bicyclic) bond motifs is 1. The number of ketones is 1. The summed E-state index contributed by atoms with van der Waals surface area (Å²) in [6, 6.07) is 8.18. The van der Waals surface area contributed by atoms with E-state index >= 15 is 0 Å². The van der Waals surface area contributed by atoms with Gasteiger partial charge in [-0.2, -0.15) is 0 Å². The van der Waals surface area contributed by atoms with Gasteiger partial charge in [-0.05, 0) is 31.4 Å². The molecule has 0 N–H and O–H groups in total. The normalized spacial score (nSPS) is 16.1. The number of aryl methyl sites for hydroxylation is 1. The van der Waals surface area contributed by atoms with Crippen molar-refractivity contribution in [2.75, 3.05) is 0 Å². The van der Waals surface area contributed by atoms with Crippen molar-refractivity contribution in [1.29, 1.82) is 0 Å². The number of Topliss-reactive ketones (excluding diaryl/α,β-unsaturated/α-hetero) is 1. The molecule has 106 valence electrons. The molecule has 1 fully saturated rings. The highest BCUT2D eigenvalue weighted by molar-refractivity contribution is 5.84. The van der Waals surface area contributed by atoms with E-state index in [1.54, 1.807) is 0 Å². The minimum absolute atomic E-state index is 0.282. The lowest BCUT2D eigenvalue weighted by Crippen LogP contribution is -2.16. The molecule has 3 rings (SSSR count). The van der Waals surface area contributed by atoms with E-state index in [4.69, 9.17) is 0 Å². The second-order valence-corrected chi connectivity index (χ2v) is 5.79. The predicted octanol–water partition coefficient (Wildman–Crippen LogP) is 3.75. The minimum atomic E-state index is 0.282. The summed E-state index contributed by atoms with van der Waals surface area (Å²) < 4.78 is 2.22. The molecule has 1 aliphatic carbocycles. The number of benzene rings is 1. The van der Waals surface area contributed by atoms with Gasteiger partial charge in [-0.25, -0.2) is 4.98 Å². The molecule has 0 unspecified atom stereocenters. The van der Waals surface area contributed by atoms with Gasteiger partial charge in [0.2, 0.25) is 0 Å². The molecule has 0 amide bonds. The monoisotopic (exact) mass is 270 g/mol. The van der Waals surface area contributed by atoms with Crippen molar-refractivity contribution in [2.24, 2.45) is 5.92 Å². The number of hydrogen-bond donors (Lipinski definition) is 0. The maximum absolute atomic E-state index is 12.4. The van der Waals surface area contributed by atoms with Crippen LogP contribution in [0.4, 0.5) is 0 Å². The fourth-order valence-electron chi connectivity index (χ4n) is 3.28. The van der Waals surface area contributed by atoms with E-state index in [1.165, 1.54) is 12.8 Å².